The molecule has 0 aromatic heterocycles. The second-order valence-electron chi connectivity index (χ2n) is 4.32. The van der Waals surface area contributed by atoms with Crippen molar-refractivity contribution in [2.75, 3.05) is 33.8 Å². The maximum absolute atomic E-state index is 5.80. The molecule has 3 heteroatoms. The van der Waals surface area contributed by atoms with Crippen molar-refractivity contribution in [3.05, 3.63) is 0 Å². The Kier molecular flexibility index (Phi) is 2.86. The van der Waals surface area contributed by atoms with Crippen LogP contribution in [-0.4, -0.2) is 50.8 Å². The van der Waals surface area contributed by atoms with Gasteiger partial charge in [0.25, 0.3) is 0 Å². The van der Waals surface area contributed by atoms with Crippen LogP contribution in [0.4, 0.5) is 0 Å². The molecule has 1 saturated heterocycles. The van der Waals surface area contributed by atoms with Crippen molar-refractivity contribution in [1.82, 2.24) is 10.2 Å². The van der Waals surface area contributed by atoms with Gasteiger partial charge in [-0.05, 0) is 32.9 Å². The van der Waals surface area contributed by atoms with Gasteiger partial charge in [0.1, 0.15) is 0 Å². The van der Waals surface area contributed by atoms with Gasteiger partial charge in [0, 0.05) is 19.1 Å². The van der Waals surface area contributed by atoms with Gasteiger partial charge in [0.2, 0.25) is 0 Å². The first-order valence-electron chi connectivity index (χ1n) is 5.28. The molecule has 1 saturated carbocycles. The van der Waals surface area contributed by atoms with E-state index in [1.807, 2.05) is 0 Å². The maximum atomic E-state index is 5.80. The fourth-order valence-electron chi connectivity index (χ4n) is 2.21. The molecule has 76 valence electrons. The van der Waals surface area contributed by atoms with Gasteiger partial charge in [-0.25, -0.2) is 0 Å². The first-order valence-corrected chi connectivity index (χ1v) is 5.28. The van der Waals surface area contributed by atoms with Gasteiger partial charge in [-0.2, -0.15) is 0 Å². The molecule has 1 aliphatic carbocycles. The molecule has 1 heterocycles. The minimum absolute atomic E-state index is 0.413. The highest BCUT2D eigenvalue weighted by molar-refractivity contribution is 4.92. The normalized spacial score (nSPS) is 33.2. The zero-order chi connectivity index (χ0) is 9.26. The van der Waals surface area contributed by atoms with E-state index in [4.69, 9.17) is 4.74 Å². The molecule has 2 aliphatic rings. The van der Waals surface area contributed by atoms with E-state index in [1.54, 1.807) is 0 Å². The molecule has 0 amide bonds. The summed E-state index contributed by atoms with van der Waals surface area (Å²) in [5, 5.41) is 3.40. The largest absolute Gasteiger partial charge is 0.374 e. The summed E-state index contributed by atoms with van der Waals surface area (Å²) in [6.45, 7) is 3.06. The molecule has 0 bridgehead atoms. The van der Waals surface area contributed by atoms with Gasteiger partial charge in [-0.3, -0.25) is 0 Å². The van der Waals surface area contributed by atoms with E-state index in [9.17, 15) is 0 Å². The Morgan fingerprint density at radius 3 is 2.77 bits per heavy atom. The fraction of sp³-hybridized carbons (Fsp3) is 1.00. The van der Waals surface area contributed by atoms with E-state index in [1.165, 1.54) is 12.8 Å². The fourth-order valence-corrected chi connectivity index (χ4v) is 2.21. The first-order chi connectivity index (χ1) is 6.31. The van der Waals surface area contributed by atoms with E-state index >= 15 is 0 Å². The van der Waals surface area contributed by atoms with E-state index < -0.39 is 0 Å². The second kappa shape index (κ2) is 3.95. The van der Waals surface area contributed by atoms with Gasteiger partial charge >= 0.3 is 0 Å². The van der Waals surface area contributed by atoms with E-state index in [-0.39, 0.29) is 0 Å². The summed E-state index contributed by atoms with van der Waals surface area (Å²) in [6, 6.07) is 0.586. The third-order valence-corrected chi connectivity index (χ3v) is 3.16. The van der Waals surface area contributed by atoms with Gasteiger partial charge < -0.3 is 15.0 Å². The maximum Gasteiger partial charge on any atom is 0.0857 e. The zero-order valence-electron chi connectivity index (χ0n) is 8.62. The van der Waals surface area contributed by atoms with E-state index in [0.29, 0.717) is 12.1 Å². The Labute approximate surface area is 80.4 Å². The minimum atomic E-state index is 0.413. The number of nitrogens with zero attached hydrogens (tertiary/aromatic N) is 1. The highest BCUT2D eigenvalue weighted by atomic mass is 16.5. The Morgan fingerprint density at radius 1 is 1.46 bits per heavy atom. The molecule has 0 spiro atoms. The van der Waals surface area contributed by atoms with Gasteiger partial charge in [0.05, 0.1) is 12.7 Å². The molecule has 2 unspecified atom stereocenters. The van der Waals surface area contributed by atoms with Crippen LogP contribution in [0.2, 0.25) is 0 Å². The molecule has 0 radical (unpaired) electrons. The van der Waals surface area contributed by atoms with Gasteiger partial charge in [-0.15, -0.1) is 0 Å². The summed E-state index contributed by atoms with van der Waals surface area (Å²) in [5.41, 5.74) is 0. The Balaban J connectivity index is 1.88. The molecule has 0 aromatic rings. The lowest BCUT2D eigenvalue weighted by Gasteiger charge is -2.35. The standard InChI is InChI=1S/C10H20N2O/c1-11-10(8-3-4-8)9-7-12(2)5-6-13-9/h8-11H,3-7H2,1-2H3. The summed E-state index contributed by atoms with van der Waals surface area (Å²) >= 11 is 0. The van der Waals surface area contributed by atoms with Crippen LogP contribution in [0.1, 0.15) is 12.8 Å². The molecule has 3 nitrogen and oxygen atoms in total. The summed E-state index contributed by atoms with van der Waals surface area (Å²) in [5.74, 6) is 0.876. The lowest BCUT2D eigenvalue weighted by molar-refractivity contribution is -0.0411. The lowest BCUT2D eigenvalue weighted by atomic mass is 10.0. The van der Waals surface area contributed by atoms with Crippen molar-refractivity contribution in [3.63, 3.8) is 0 Å². The minimum Gasteiger partial charge on any atom is -0.374 e. The van der Waals surface area contributed by atoms with E-state index in [2.05, 4.69) is 24.3 Å². The summed E-state index contributed by atoms with van der Waals surface area (Å²) in [6.07, 6.45) is 3.18. The van der Waals surface area contributed by atoms with Crippen LogP contribution in [0, 0.1) is 5.92 Å². The predicted octanol–water partition coefficient (Wildman–Crippen LogP) is 0.315. The van der Waals surface area contributed by atoms with Crippen LogP contribution >= 0.6 is 0 Å². The van der Waals surface area contributed by atoms with Crippen molar-refractivity contribution in [2.45, 2.75) is 25.0 Å². The summed E-state index contributed by atoms with van der Waals surface area (Å²) in [4.78, 5) is 2.36. The molecule has 2 rings (SSSR count). The van der Waals surface area contributed by atoms with Crippen molar-refractivity contribution in [3.8, 4) is 0 Å². The number of hydrogen-bond acceptors (Lipinski definition) is 3. The third-order valence-electron chi connectivity index (χ3n) is 3.16. The number of ether oxygens (including phenoxy) is 1. The number of morpholine rings is 1. The monoisotopic (exact) mass is 184 g/mol. The van der Waals surface area contributed by atoms with Crippen molar-refractivity contribution in [1.29, 1.82) is 0 Å². The first kappa shape index (κ1) is 9.44. The number of nitrogens with one attached hydrogen (secondary N) is 1. The Morgan fingerprint density at radius 2 is 2.23 bits per heavy atom. The van der Waals surface area contributed by atoms with Gasteiger partial charge in [-0.1, -0.05) is 0 Å². The van der Waals surface area contributed by atoms with Crippen LogP contribution in [0.15, 0.2) is 0 Å². The molecular weight excluding hydrogens is 164 g/mol. The smallest absolute Gasteiger partial charge is 0.0857 e. The van der Waals surface area contributed by atoms with Crippen LogP contribution < -0.4 is 5.32 Å². The molecule has 13 heavy (non-hydrogen) atoms. The predicted molar refractivity (Wildman–Crippen MR) is 52.8 cm³/mol. The molecule has 1 N–H and O–H groups in total. The van der Waals surface area contributed by atoms with Crippen LogP contribution in [0.5, 0.6) is 0 Å². The summed E-state index contributed by atoms with van der Waals surface area (Å²) in [7, 11) is 4.23. The quantitative estimate of drug-likeness (QED) is 0.683. The molecule has 1 aliphatic heterocycles. The van der Waals surface area contributed by atoms with Crippen molar-refractivity contribution < 1.29 is 4.74 Å². The highest BCUT2D eigenvalue weighted by Gasteiger charge is 2.37. The number of hydrogen-bond donors (Lipinski definition) is 1. The lowest BCUT2D eigenvalue weighted by Crippen LogP contribution is -2.51. The zero-order valence-corrected chi connectivity index (χ0v) is 8.62. The average molecular weight is 184 g/mol. The Bertz CT molecular complexity index is 170. The average Bonchev–Trinajstić information content (AvgIpc) is 2.90. The van der Waals surface area contributed by atoms with E-state index in [0.717, 1.165) is 25.6 Å². The van der Waals surface area contributed by atoms with Crippen molar-refractivity contribution in [2.24, 2.45) is 5.92 Å². The summed E-state index contributed by atoms with van der Waals surface area (Å²) < 4.78 is 5.80. The number of rotatable bonds is 3. The highest BCUT2D eigenvalue weighted by Crippen LogP contribution is 2.35. The third kappa shape index (κ3) is 2.22. The van der Waals surface area contributed by atoms with Gasteiger partial charge in [0.15, 0.2) is 0 Å². The van der Waals surface area contributed by atoms with Crippen molar-refractivity contribution >= 4 is 0 Å². The molecule has 0 aromatic carbocycles. The number of likely N-dealkylation sites (N-methyl/N-ethyl adjacent to an activating group) is 2. The van der Waals surface area contributed by atoms with Crippen LogP contribution in [0.3, 0.4) is 0 Å². The molecule has 2 atom stereocenters. The van der Waals surface area contributed by atoms with Crippen LogP contribution in [-0.2, 0) is 4.74 Å². The topological polar surface area (TPSA) is 24.5 Å². The molecular formula is C10H20N2O. The van der Waals surface area contributed by atoms with Crippen LogP contribution in [0.25, 0.3) is 0 Å². The molecule has 2 fully saturated rings. The SMILES string of the molecule is CNC(C1CC1)C1CN(C)CCO1. The Hall–Kier alpha value is -0.120. The second-order valence-corrected chi connectivity index (χ2v) is 4.32.